The predicted octanol–water partition coefficient (Wildman–Crippen LogP) is 3.28. The maximum absolute atomic E-state index is 12.0. The Morgan fingerprint density at radius 3 is 2.54 bits per heavy atom. The third-order valence-electron chi connectivity index (χ3n) is 3.60. The van der Waals surface area contributed by atoms with Crippen molar-refractivity contribution in [1.29, 1.82) is 0 Å². The molecule has 0 aliphatic rings. The van der Waals surface area contributed by atoms with Crippen LogP contribution < -0.4 is 5.32 Å². The van der Waals surface area contributed by atoms with Gasteiger partial charge >= 0.3 is 0 Å². The van der Waals surface area contributed by atoms with Crippen molar-refractivity contribution in [3.63, 3.8) is 0 Å². The average molecular weight is 383 g/mol. The van der Waals surface area contributed by atoms with Crippen LogP contribution in [0.2, 0.25) is 0 Å². The van der Waals surface area contributed by atoms with E-state index in [-0.39, 0.29) is 5.91 Å². The lowest BCUT2D eigenvalue weighted by molar-refractivity contribution is -0.116. The SMILES string of the molecule is O=C(/C=C\S(=O)Cc1ccccc1)NCc1ccc(-c2csnn2)cc1. The van der Waals surface area contributed by atoms with Crippen molar-refractivity contribution in [1.82, 2.24) is 14.9 Å². The summed E-state index contributed by atoms with van der Waals surface area (Å²) in [5.41, 5.74) is 3.79. The van der Waals surface area contributed by atoms with Gasteiger partial charge in [0.15, 0.2) is 0 Å². The van der Waals surface area contributed by atoms with Crippen LogP contribution in [0.5, 0.6) is 0 Å². The summed E-state index contributed by atoms with van der Waals surface area (Å²) < 4.78 is 15.8. The lowest BCUT2D eigenvalue weighted by Crippen LogP contribution is -2.20. The number of rotatable bonds is 7. The minimum absolute atomic E-state index is 0.265. The van der Waals surface area contributed by atoms with Gasteiger partial charge in [-0.25, -0.2) is 0 Å². The molecule has 1 N–H and O–H groups in total. The second-order valence-corrected chi connectivity index (χ2v) is 7.45. The summed E-state index contributed by atoms with van der Waals surface area (Å²) >= 11 is 1.31. The smallest absolute Gasteiger partial charge is 0.244 e. The summed E-state index contributed by atoms with van der Waals surface area (Å²) in [6.07, 6.45) is 1.33. The minimum atomic E-state index is -1.21. The van der Waals surface area contributed by atoms with E-state index >= 15 is 0 Å². The highest BCUT2D eigenvalue weighted by Crippen LogP contribution is 2.18. The van der Waals surface area contributed by atoms with Gasteiger partial charge < -0.3 is 5.32 Å². The van der Waals surface area contributed by atoms with Crippen LogP contribution in [-0.4, -0.2) is 19.7 Å². The highest BCUT2D eigenvalue weighted by Gasteiger charge is 2.03. The Labute approximate surface area is 158 Å². The van der Waals surface area contributed by atoms with E-state index in [1.54, 1.807) is 0 Å². The van der Waals surface area contributed by atoms with Crippen LogP contribution in [0.4, 0.5) is 0 Å². The molecule has 0 saturated heterocycles. The van der Waals surface area contributed by atoms with Crippen molar-refractivity contribution in [2.45, 2.75) is 12.3 Å². The van der Waals surface area contributed by atoms with Gasteiger partial charge in [0.05, 0.1) is 16.6 Å². The van der Waals surface area contributed by atoms with Crippen LogP contribution in [0.15, 0.2) is 71.5 Å². The summed E-state index contributed by atoms with van der Waals surface area (Å²) in [6, 6.07) is 17.3. The molecule has 7 heteroatoms. The van der Waals surface area contributed by atoms with E-state index < -0.39 is 10.8 Å². The minimum Gasteiger partial charge on any atom is -0.348 e. The standard InChI is InChI=1S/C19H17N3O2S2/c23-19(10-11-26(24)14-16-4-2-1-3-5-16)20-12-15-6-8-17(9-7-15)18-13-25-22-21-18/h1-11,13H,12,14H2,(H,20,23)/b11-10-. The number of benzene rings is 2. The van der Waals surface area contributed by atoms with Gasteiger partial charge in [-0.15, -0.1) is 5.10 Å². The monoisotopic (exact) mass is 383 g/mol. The molecular weight excluding hydrogens is 366 g/mol. The Balaban J connectivity index is 1.47. The number of hydrogen-bond acceptors (Lipinski definition) is 5. The molecule has 1 heterocycles. The van der Waals surface area contributed by atoms with Gasteiger partial charge in [0.1, 0.15) is 5.69 Å². The zero-order chi connectivity index (χ0) is 18.2. The van der Waals surface area contributed by atoms with Crippen LogP contribution in [0.1, 0.15) is 11.1 Å². The second-order valence-electron chi connectivity index (χ2n) is 5.52. The molecule has 0 aliphatic heterocycles. The van der Waals surface area contributed by atoms with E-state index in [4.69, 9.17) is 0 Å². The maximum Gasteiger partial charge on any atom is 0.244 e. The highest BCUT2D eigenvalue weighted by atomic mass is 32.2. The molecule has 1 unspecified atom stereocenters. The molecule has 0 aliphatic carbocycles. The number of aromatic nitrogens is 2. The molecule has 1 aromatic heterocycles. The van der Waals surface area contributed by atoms with Gasteiger partial charge in [-0.1, -0.05) is 59.1 Å². The molecular formula is C19H17N3O2S2. The first-order valence-corrected chi connectivity index (χ1v) is 10.2. The van der Waals surface area contributed by atoms with Crippen LogP contribution in [0.25, 0.3) is 11.3 Å². The lowest BCUT2D eigenvalue weighted by atomic mass is 10.1. The van der Waals surface area contributed by atoms with Crippen LogP contribution >= 0.6 is 11.5 Å². The van der Waals surface area contributed by atoms with Gasteiger partial charge in [-0.2, -0.15) is 0 Å². The third kappa shape index (κ3) is 5.44. The van der Waals surface area contributed by atoms with E-state index in [9.17, 15) is 9.00 Å². The maximum atomic E-state index is 12.0. The molecule has 0 radical (unpaired) electrons. The number of carbonyl (C=O) groups is 1. The zero-order valence-corrected chi connectivity index (χ0v) is 15.5. The first-order valence-electron chi connectivity index (χ1n) is 7.94. The van der Waals surface area contributed by atoms with Crippen LogP contribution in [-0.2, 0) is 27.9 Å². The van der Waals surface area contributed by atoms with Gasteiger partial charge in [0.2, 0.25) is 5.91 Å². The predicted molar refractivity (Wildman–Crippen MR) is 105 cm³/mol. The molecule has 0 spiro atoms. The number of hydrogen-bond donors (Lipinski definition) is 1. The first-order chi connectivity index (χ1) is 12.7. The second kappa shape index (κ2) is 9.17. The van der Waals surface area contributed by atoms with E-state index in [0.717, 1.165) is 22.4 Å². The normalized spacial score (nSPS) is 12.2. The summed E-state index contributed by atoms with van der Waals surface area (Å²) in [4.78, 5) is 11.9. The summed E-state index contributed by atoms with van der Waals surface area (Å²) in [6.45, 7) is 0.407. The summed E-state index contributed by atoms with van der Waals surface area (Å²) in [5.74, 6) is 0.136. The van der Waals surface area contributed by atoms with Crippen molar-refractivity contribution in [2.24, 2.45) is 0 Å². The number of nitrogens with one attached hydrogen (secondary N) is 1. The largest absolute Gasteiger partial charge is 0.348 e. The molecule has 5 nitrogen and oxygen atoms in total. The molecule has 26 heavy (non-hydrogen) atoms. The Morgan fingerprint density at radius 2 is 1.85 bits per heavy atom. The van der Waals surface area contributed by atoms with Crippen molar-refractivity contribution in [3.8, 4) is 11.3 Å². The Kier molecular flexibility index (Phi) is 6.40. The fourth-order valence-electron chi connectivity index (χ4n) is 2.26. The summed E-state index contributed by atoms with van der Waals surface area (Å²) in [7, 11) is -1.21. The third-order valence-corrected chi connectivity index (χ3v) is 5.16. The van der Waals surface area contributed by atoms with Crippen molar-refractivity contribution in [3.05, 3.63) is 82.6 Å². The Morgan fingerprint density at radius 1 is 1.08 bits per heavy atom. The zero-order valence-electron chi connectivity index (χ0n) is 13.9. The quantitative estimate of drug-likeness (QED) is 0.636. The van der Waals surface area contributed by atoms with Gasteiger partial charge in [0, 0.05) is 29.0 Å². The molecule has 3 aromatic rings. The van der Waals surface area contributed by atoms with Crippen molar-refractivity contribution in [2.75, 3.05) is 0 Å². The molecule has 1 amide bonds. The Hall–Kier alpha value is -2.64. The van der Waals surface area contributed by atoms with E-state index in [0.29, 0.717) is 12.3 Å². The van der Waals surface area contributed by atoms with E-state index in [1.165, 1.54) is 23.0 Å². The van der Waals surface area contributed by atoms with Crippen molar-refractivity contribution < 1.29 is 9.00 Å². The van der Waals surface area contributed by atoms with E-state index in [1.807, 2.05) is 60.0 Å². The fraction of sp³-hybridized carbons (Fsp3) is 0.105. The molecule has 1 atom stereocenters. The first kappa shape index (κ1) is 18.2. The average Bonchev–Trinajstić information content (AvgIpc) is 3.21. The van der Waals surface area contributed by atoms with E-state index in [2.05, 4.69) is 14.9 Å². The molecule has 0 saturated carbocycles. The van der Waals surface area contributed by atoms with Gasteiger partial charge in [0.25, 0.3) is 0 Å². The van der Waals surface area contributed by atoms with Crippen LogP contribution in [0.3, 0.4) is 0 Å². The lowest BCUT2D eigenvalue weighted by Gasteiger charge is -2.04. The molecule has 0 fully saturated rings. The number of amides is 1. The van der Waals surface area contributed by atoms with Gasteiger partial charge in [-0.3, -0.25) is 9.00 Å². The number of carbonyl (C=O) groups excluding carboxylic acids is 1. The molecule has 132 valence electrons. The van der Waals surface area contributed by atoms with Crippen molar-refractivity contribution >= 4 is 28.2 Å². The molecule has 0 bridgehead atoms. The molecule has 2 aromatic carbocycles. The molecule has 3 rings (SSSR count). The highest BCUT2D eigenvalue weighted by molar-refractivity contribution is 7.87. The van der Waals surface area contributed by atoms with Gasteiger partial charge in [-0.05, 0) is 22.7 Å². The van der Waals surface area contributed by atoms with Crippen LogP contribution in [0, 0.1) is 0 Å². The number of nitrogens with zero attached hydrogens (tertiary/aromatic N) is 2. The fourth-order valence-corrected chi connectivity index (χ4v) is 3.61. The Bertz CT molecular complexity index is 892. The summed E-state index contributed by atoms with van der Waals surface area (Å²) in [5, 5.41) is 10.1. The topological polar surface area (TPSA) is 72.0 Å².